The van der Waals surface area contributed by atoms with Crippen molar-refractivity contribution in [1.29, 1.82) is 0 Å². The van der Waals surface area contributed by atoms with Crippen molar-refractivity contribution in [2.45, 2.75) is 39.0 Å². The number of aromatic nitrogens is 1. The summed E-state index contributed by atoms with van der Waals surface area (Å²) in [6.45, 7) is 5.46. The van der Waals surface area contributed by atoms with E-state index in [-0.39, 0.29) is 0 Å². The molecule has 0 saturated heterocycles. The predicted octanol–water partition coefficient (Wildman–Crippen LogP) is 3.04. The number of hydrogen-bond acceptors (Lipinski definition) is 3. The van der Waals surface area contributed by atoms with Crippen LogP contribution in [0.5, 0.6) is 0 Å². The second-order valence-electron chi connectivity index (χ2n) is 6.46. The first-order valence-corrected chi connectivity index (χ1v) is 9.17. The summed E-state index contributed by atoms with van der Waals surface area (Å²) >= 11 is 5.81. The highest BCUT2D eigenvalue weighted by atomic mass is 35.5. The number of halogens is 1. The zero-order valence-electron chi connectivity index (χ0n) is 14.8. The number of nitrogens with zero attached hydrogens (tertiary/aromatic N) is 2. The highest BCUT2D eigenvalue weighted by molar-refractivity contribution is 6.29. The van der Waals surface area contributed by atoms with Crippen LogP contribution in [0.2, 0.25) is 5.15 Å². The molecule has 0 aliphatic heterocycles. The maximum atomic E-state index is 5.81. The van der Waals surface area contributed by atoms with Crippen LogP contribution in [0.3, 0.4) is 0 Å². The molecular weight excluding hydrogens is 324 g/mol. The summed E-state index contributed by atoms with van der Waals surface area (Å²) in [4.78, 5) is 8.92. The Labute approximate surface area is 150 Å². The maximum absolute atomic E-state index is 5.81. The molecule has 0 radical (unpaired) electrons. The lowest BCUT2D eigenvalue weighted by molar-refractivity contribution is 0.0778. The first-order valence-electron chi connectivity index (χ1n) is 8.79. The van der Waals surface area contributed by atoms with E-state index in [1.165, 1.54) is 24.8 Å². The zero-order chi connectivity index (χ0) is 17.3. The fourth-order valence-electron chi connectivity index (χ4n) is 2.95. The van der Waals surface area contributed by atoms with Crippen molar-refractivity contribution in [3.8, 4) is 0 Å². The van der Waals surface area contributed by atoms with Crippen molar-refractivity contribution in [3.63, 3.8) is 0 Å². The average molecular weight is 353 g/mol. The van der Waals surface area contributed by atoms with Gasteiger partial charge in [0.2, 0.25) is 0 Å². The molecule has 1 aromatic heterocycles. The molecule has 1 heterocycles. The molecule has 2 N–H and O–H groups in total. The summed E-state index contributed by atoms with van der Waals surface area (Å²) in [7, 11) is 1.77. The monoisotopic (exact) mass is 352 g/mol. The first kappa shape index (κ1) is 19.0. The lowest BCUT2D eigenvalue weighted by atomic mass is 9.67. The van der Waals surface area contributed by atoms with Crippen LogP contribution < -0.4 is 10.6 Å². The van der Waals surface area contributed by atoms with Crippen molar-refractivity contribution in [1.82, 2.24) is 15.6 Å². The Hall–Kier alpha value is -1.33. The van der Waals surface area contributed by atoms with Crippen LogP contribution in [0.25, 0.3) is 0 Å². The Bertz CT molecular complexity index is 514. The van der Waals surface area contributed by atoms with E-state index in [9.17, 15) is 0 Å². The summed E-state index contributed by atoms with van der Waals surface area (Å²) in [5.41, 5.74) is 1.51. The van der Waals surface area contributed by atoms with Gasteiger partial charge in [-0.1, -0.05) is 24.1 Å². The van der Waals surface area contributed by atoms with Gasteiger partial charge >= 0.3 is 0 Å². The van der Waals surface area contributed by atoms with Crippen molar-refractivity contribution >= 4 is 17.6 Å². The maximum Gasteiger partial charge on any atom is 0.191 e. The number of guanidine groups is 1. The van der Waals surface area contributed by atoms with Crippen LogP contribution in [0, 0.1) is 5.41 Å². The van der Waals surface area contributed by atoms with E-state index >= 15 is 0 Å². The predicted molar refractivity (Wildman–Crippen MR) is 99.7 cm³/mol. The van der Waals surface area contributed by atoms with Crippen molar-refractivity contribution in [3.05, 3.63) is 29.0 Å². The fourth-order valence-corrected chi connectivity index (χ4v) is 3.06. The van der Waals surface area contributed by atoms with Crippen LogP contribution in [-0.2, 0) is 11.2 Å². The van der Waals surface area contributed by atoms with Gasteiger partial charge in [0, 0.05) is 39.5 Å². The molecule has 0 amide bonds. The van der Waals surface area contributed by atoms with Gasteiger partial charge in [-0.15, -0.1) is 0 Å². The number of aliphatic imine (C=N–C) groups is 1. The molecule has 1 aromatic rings. The van der Waals surface area contributed by atoms with E-state index in [0.717, 1.165) is 45.0 Å². The standard InChI is InChI=1S/C18H29ClN4O/c1-3-20-17(21-11-7-15-5-6-16(19)22-13-15)23-14-18(8-4-9-18)10-12-24-2/h5-6,13H,3-4,7-12,14H2,1-2H3,(H2,20,21,23). The lowest BCUT2D eigenvalue weighted by Gasteiger charge is -2.40. The zero-order valence-corrected chi connectivity index (χ0v) is 15.5. The molecule has 1 fully saturated rings. The molecule has 6 heteroatoms. The molecule has 0 bridgehead atoms. The summed E-state index contributed by atoms with van der Waals surface area (Å²) in [6, 6.07) is 3.83. The largest absolute Gasteiger partial charge is 0.385 e. The van der Waals surface area contributed by atoms with E-state index in [1.807, 2.05) is 18.3 Å². The third kappa shape index (κ3) is 5.95. The highest BCUT2D eigenvalue weighted by Crippen LogP contribution is 2.44. The fraction of sp³-hybridized carbons (Fsp3) is 0.667. The average Bonchev–Trinajstić information content (AvgIpc) is 2.55. The molecule has 0 atom stereocenters. The van der Waals surface area contributed by atoms with Gasteiger partial charge in [-0.25, -0.2) is 4.98 Å². The second kappa shape index (κ2) is 9.84. The highest BCUT2D eigenvalue weighted by Gasteiger charge is 2.36. The molecule has 1 aliphatic carbocycles. The van der Waals surface area contributed by atoms with E-state index in [2.05, 4.69) is 22.5 Å². The minimum Gasteiger partial charge on any atom is -0.385 e. The molecule has 2 rings (SSSR count). The Morgan fingerprint density at radius 3 is 2.79 bits per heavy atom. The molecule has 24 heavy (non-hydrogen) atoms. The molecular formula is C18H29ClN4O. The van der Waals surface area contributed by atoms with E-state index in [4.69, 9.17) is 21.3 Å². The van der Waals surface area contributed by atoms with Gasteiger partial charge in [0.05, 0.1) is 0 Å². The smallest absolute Gasteiger partial charge is 0.191 e. The van der Waals surface area contributed by atoms with E-state index < -0.39 is 0 Å². The van der Waals surface area contributed by atoms with Crippen LogP contribution in [0.4, 0.5) is 0 Å². The van der Waals surface area contributed by atoms with Crippen LogP contribution in [0.15, 0.2) is 23.3 Å². The minimum absolute atomic E-state index is 0.346. The van der Waals surface area contributed by atoms with Crippen molar-refractivity contribution in [2.24, 2.45) is 10.4 Å². The number of nitrogens with one attached hydrogen (secondary N) is 2. The van der Waals surface area contributed by atoms with Gasteiger partial charge in [-0.3, -0.25) is 4.99 Å². The quantitative estimate of drug-likeness (QED) is 0.407. The van der Waals surface area contributed by atoms with Gasteiger partial charge in [-0.05, 0) is 49.7 Å². The van der Waals surface area contributed by atoms with Gasteiger partial charge in [0.15, 0.2) is 5.96 Å². The van der Waals surface area contributed by atoms with Crippen LogP contribution in [0.1, 0.15) is 38.2 Å². The van der Waals surface area contributed by atoms with Gasteiger partial charge in [0.1, 0.15) is 5.15 Å². The van der Waals surface area contributed by atoms with Gasteiger partial charge < -0.3 is 15.4 Å². The summed E-state index contributed by atoms with van der Waals surface area (Å²) < 4.78 is 5.25. The minimum atomic E-state index is 0.346. The number of hydrogen-bond donors (Lipinski definition) is 2. The molecule has 0 aromatic carbocycles. The summed E-state index contributed by atoms with van der Waals surface area (Å²) in [5.74, 6) is 0.892. The topological polar surface area (TPSA) is 58.5 Å². The van der Waals surface area contributed by atoms with Gasteiger partial charge in [0.25, 0.3) is 0 Å². The van der Waals surface area contributed by atoms with E-state index in [1.54, 1.807) is 7.11 Å². The van der Waals surface area contributed by atoms with Crippen molar-refractivity contribution < 1.29 is 4.74 Å². The normalized spacial score (nSPS) is 16.5. The van der Waals surface area contributed by atoms with Crippen LogP contribution >= 0.6 is 11.6 Å². The molecule has 5 nitrogen and oxygen atoms in total. The number of rotatable bonds is 9. The summed E-state index contributed by atoms with van der Waals surface area (Å²) in [6.07, 6.45) is 7.65. The molecule has 134 valence electrons. The number of methoxy groups -OCH3 is 1. The second-order valence-corrected chi connectivity index (χ2v) is 6.84. The third-order valence-electron chi connectivity index (χ3n) is 4.66. The SMILES string of the molecule is CCNC(=NCC1(CCOC)CCC1)NCCc1ccc(Cl)nc1. The third-order valence-corrected chi connectivity index (χ3v) is 4.89. The van der Waals surface area contributed by atoms with Gasteiger partial charge in [-0.2, -0.15) is 0 Å². The first-order chi connectivity index (χ1) is 11.7. The van der Waals surface area contributed by atoms with Crippen LogP contribution in [-0.4, -0.2) is 44.3 Å². The number of ether oxygens (including phenoxy) is 1. The Morgan fingerprint density at radius 1 is 1.38 bits per heavy atom. The Morgan fingerprint density at radius 2 is 2.21 bits per heavy atom. The number of pyridine rings is 1. The van der Waals surface area contributed by atoms with Crippen molar-refractivity contribution in [2.75, 3.05) is 33.4 Å². The lowest BCUT2D eigenvalue weighted by Crippen LogP contribution is -2.41. The summed E-state index contributed by atoms with van der Waals surface area (Å²) in [5, 5.41) is 7.26. The molecule has 1 saturated carbocycles. The molecule has 0 unspecified atom stereocenters. The Balaban J connectivity index is 1.82. The van der Waals surface area contributed by atoms with E-state index in [0.29, 0.717) is 10.6 Å². The molecule has 0 spiro atoms. The Kier molecular flexibility index (Phi) is 7.79. The molecule has 1 aliphatic rings.